The van der Waals surface area contributed by atoms with Crippen LogP contribution in [0.25, 0.3) is 27.7 Å². The Morgan fingerprint density at radius 2 is 1.88 bits per heavy atom. The van der Waals surface area contributed by atoms with Crippen molar-refractivity contribution in [3.8, 4) is 22.7 Å². The van der Waals surface area contributed by atoms with E-state index in [1.807, 2.05) is 55.5 Å². The maximum atomic E-state index is 14.4. The second kappa shape index (κ2) is 10.7. The van der Waals surface area contributed by atoms with E-state index in [0.29, 0.717) is 33.9 Å². The minimum Gasteiger partial charge on any atom is -0.481 e. The van der Waals surface area contributed by atoms with Crippen LogP contribution in [-0.2, 0) is 0 Å². The highest BCUT2D eigenvalue weighted by atomic mass is 16.5. The fourth-order valence-corrected chi connectivity index (χ4v) is 4.73. The van der Waals surface area contributed by atoms with Crippen molar-refractivity contribution in [2.75, 3.05) is 18.2 Å². The number of carbonyl (C=O) groups is 1. The van der Waals surface area contributed by atoms with Gasteiger partial charge in [-0.1, -0.05) is 30.3 Å². The van der Waals surface area contributed by atoms with E-state index in [1.54, 1.807) is 30.0 Å². The Kier molecular flexibility index (Phi) is 6.76. The number of anilines is 2. The molecule has 1 saturated carbocycles. The average molecular weight is 549 g/mol. The Balaban J connectivity index is 1.50. The minimum absolute atomic E-state index is 0.0204. The lowest BCUT2D eigenvalue weighted by atomic mass is 10.0. The van der Waals surface area contributed by atoms with Crippen molar-refractivity contribution in [1.29, 1.82) is 0 Å². The summed E-state index contributed by atoms with van der Waals surface area (Å²) in [5, 5.41) is 6.68. The van der Waals surface area contributed by atoms with Gasteiger partial charge in [0, 0.05) is 24.5 Å². The molecule has 3 aromatic heterocycles. The van der Waals surface area contributed by atoms with Gasteiger partial charge in [-0.15, -0.1) is 0 Å². The van der Waals surface area contributed by atoms with Gasteiger partial charge in [-0.05, 0) is 55.2 Å². The summed E-state index contributed by atoms with van der Waals surface area (Å²) in [7, 11) is 1.55. The van der Waals surface area contributed by atoms with E-state index in [9.17, 15) is 9.59 Å². The number of fused-ring (bicyclic) bond motifs is 1. The summed E-state index contributed by atoms with van der Waals surface area (Å²) in [5.74, 6) is 0.869. The number of nitrogens with two attached hydrogens (primary N) is 1. The van der Waals surface area contributed by atoms with Crippen LogP contribution in [0, 0.1) is 0 Å². The smallest absolute Gasteiger partial charge is 0.266 e. The number of pyridine rings is 1. The van der Waals surface area contributed by atoms with Gasteiger partial charge >= 0.3 is 0 Å². The molecule has 41 heavy (non-hydrogen) atoms. The number of benzene rings is 2. The van der Waals surface area contributed by atoms with Crippen molar-refractivity contribution in [2.45, 2.75) is 31.8 Å². The molecule has 0 radical (unpaired) electrons. The number of methoxy groups -OCH3 is 1. The molecule has 1 atom stereocenters. The van der Waals surface area contributed by atoms with Gasteiger partial charge in [0.25, 0.3) is 11.5 Å². The van der Waals surface area contributed by atoms with E-state index >= 15 is 0 Å². The third-order valence-corrected chi connectivity index (χ3v) is 6.90. The third-order valence-electron chi connectivity index (χ3n) is 6.90. The van der Waals surface area contributed by atoms with Gasteiger partial charge in [0.1, 0.15) is 17.2 Å². The monoisotopic (exact) mass is 548 g/mol. The highest BCUT2D eigenvalue weighted by Crippen LogP contribution is 2.30. The predicted octanol–water partition coefficient (Wildman–Crippen LogP) is 3.89. The largest absolute Gasteiger partial charge is 0.481 e. The molecule has 1 aliphatic carbocycles. The molecule has 5 aromatic rings. The minimum atomic E-state index is -0.557. The molecule has 1 amide bonds. The zero-order valence-corrected chi connectivity index (χ0v) is 22.5. The lowest BCUT2D eigenvalue weighted by Gasteiger charge is -2.22. The van der Waals surface area contributed by atoms with Crippen LogP contribution in [0.5, 0.6) is 5.88 Å². The number of hydrogen-bond donors (Lipinski definition) is 3. The van der Waals surface area contributed by atoms with E-state index in [1.165, 1.54) is 6.20 Å². The maximum absolute atomic E-state index is 14.4. The Bertz CT molecular complexity index is 1820. The molecule has 2 aromatic carbocycles. The first-order valence-corrected chi connectivity index (χ1v) is 13.2. The van der Waals surface area contributed by atoms with Crippen molar-refractivity contribution in [3.63, 3.8) is 0 Å². The van der Waals surface area contributed by atoms with Crippen LogP contribution in [0.2, 0.25) is 0 Å². The molecule has 11 heteroatoms. The number of nitrogen functional groups attached to an aromatic ring is 1. The Morgan fingerprint density at radius 1 is 1.07 bits per heavy atom. The van der Waals surface area contributed by atoms with Crippen LogP contribution in [0.3, 0.4) is 0 Å². The van der Waals surface area contributed by atoms with E-state index in [4.69, 9.17) is 15.5 Å². The Labute approximate surface area is 235 Å². The van der Waals surface area contributed by atoms with Crippen molar-refractivity contribution in [1.82, 2.24) is 29.8 Å². The van der Waals surface area contributed by atoms with Gasteiger partial charge in [0.05, 0.1) is 29.7 Å². The van der Waals surface area contributed by atoms with Crippen molar-refractivity contribution < 1.29 is 9.53 Å². The van der Waals surface area contributed by atoms with Gasteiger partial charge in [0.2, 0.25) is 11.8 Å². The van der Waals surface area contributed by atoms with Gasteiger partial charge in [0.15, 0.2) is 0 Å². The van der Waals surface area contributed by atoms with E-state index < -0.39 is 6.04 Å². The zero-order chi connectivity index (χ0) is 28.5. The van der Waals surface area contributed by atoms with Crippen molar-refractivity contribution >= 4 is 28.6 Å². The quantitative estimate of drug-likeness (QED) is 0.262. The van der Waals surface area contributed by atoms with Gasteiger partial charge in [-0.2, -0.15) is 4.98 Å². The number of amides is 1. The lowest BCUT2D eigenvalue weighted by molar-refractivity contribution is 0.0951. The molecular weight excluding hydrogens is 520 g/mol. The zero-order valence-electron chi connectivity index (χ0n) is 22.5. The molecule has 11 nitrogen and oxygen atoms in total. The second-order valence-corrected chi connectivity index (χ2v) is 9.84. The van der Waals surface area contributed by atoms with Gasteiger partial charge in [-0.25, -0.2) is 15.0 Å². The number of nitrogens with zero attached hydrogens (tertiary/aromatic N) is 5. The molecular formula is C30H28N8O3. The molecule has 0 bridgehead atoms. The number of hydrogen-bond acceptors (Lipinski definition) is 9. The first-order valence-electron chi connectivity index (χ1n) is 13.2. The predicted molar refractivity (Wildman–Crippen MR) is 156 cm³/mol. The third kappa shape index (κ3) is 5.17. The fraction of sp³-hybridized carbons (Fsp3) is 0.200. The summed E-state index contributed by atoms with van der Waals surface area (Å²) < 4.78 is 6.89. The molecule has 0 aliphatic heterocycles. The van der Waals surface area contributed by atoms with Crippen LogP contribution in [-0.4, -0.2) is 43.6 Å². The molecule has 0 unspecified atom stereocenters. The molecule has 4 N–H and O–H groups in total. The van der Waals surface area contributed by atoms with Crippen molar-refractivity contribution in [2.24, 2.45) is 0 Å². The number of nitrogens with one attached hydrogen (secondary N) is 2. The van der Waals surface area contributed by atoms with Crippen LogP contribution >= 0.6 is 0 Å². The molecule has 0 saturated heterocycles. The number of para-hydroxylation sites is 1. The Morgan fingerprint density at radius 3 is 2.63 bits per heavy atom. The summed E-state index contributed by atoms with van der Waals surface area (Å²) in [6.07, 6.45) is 4.93. The molecule has 1 fully saturated rings. The summed E-state index contributed by atoms with van der Waals surface area (Å²) >= 11 is 0. The fourth-order valence-electron chi connectivity index (χ4n) is 4.73. The Hall–Kier alpha value is -5.32. The molecule has 0 spiro atoms. The summed E-state index contributed by atoms with van der Waals surface area (Å²) in [6, 6.07) is 18.1. The standard InChI is InChI=1S/C30H28N8O3/c1-17(34-26-22(16-33-30(31)37-26)28(39)35-19-11-12-19)27-36-23-10-6-9-21(18-13-14-32-24(15-18)41-2)25(23)29(40)38(27)20-7-4-3-5-8-20/h3-10,13-17,19H,11-12H2,1-2H3,(H,35,39)(H3,31,33,34,37)/t17-/m0/s1. The molecule has 1 aliphatic rings. The normalized spacial score (nSPS) is 13.5. The van der Waals surface area contributed by atoms with Crippen LogP contribution in [0.15, 0.2) is 77.9 Å². The van der Waals surface area contributed by atoms with Crippen molar-refractivity contribution in [3.05, 3.63) is 94.8 Å². The lowest BCUT2D eigenvalue weighted by Crippen LogP contribution is -2.29. The van der Waals surface area contributed by atoms with Crippen LogP contribution < -0.4 is 26.7 Å². The van der Waals surface area contributed by atoms with E-state index in [2.05, 4.69) is 25.6 Å². The number of aromatic nitrogens is 5. The summed E-state index contributed by atoms with van der Waals surface area (Å²) in [5.41, 5.74) is 8.56. The van der Waals surface area contributed by atoms with Crippen LogP contribution in [0.4, 0.5) is 11.8 Å². The summed E-state index contributed by atoms with van der Waals surface area (Å²) in [6.45, 7) is 1.85. The maximum Gasteiger partial charge on any atom is 0.266 e. The van der Waals surface area contributed by atoms with Gasteiger partial charge in [-0.3, -0.25) is 14.2 Å². The summed E-state index contributed by atoms with van der Waals surface area (Å²) in [4.78, 5) is 44.8. The molecule has 3 heterocycles. The molecule has 206 valence electrons. The second-order valence-electron chi connectivity index (χ2n) is 9.84. The molecule has 6 rings (SSSR count). The topological polar surface area (TPSA) is 150 Å². The number of rotatable bonds is 8. The average Bonchev–Trinajstić information content (AvgIpc) is 3.81. The highest BCUT2D eigenvalue weighted by molar-refractivity contribution is 5.99. The number of ether oxygens (including phenoxy) is 1. The highest BCUT2D eigenvalue weighted by Gasteiger charge is 2.27. The first kappa shape index (κ1) is 25.9. The van der Waals surface area contributed by atoms with E-state index in [-0.39, 0.29) is 34.8 Å². The SMILES string of the molecule is COc1cc(-c2cccc3nc([C@H](C)Nc4nc(N)ncc4C(=O)NC4CC4)n(-c4ccccc4)c(=O)c23)ccn1. The van der Waals surface area contributed by atoms with Gasteiger partial charge < -0.3 is 21.1 Å². The first-order chi connectivity index (χ1) is 19.9. The van der Waals surface area contributed by atoms with Crippen LogP contribution in [0.1, 0.15) is 42.0 Å². The number of carbonyl (C=O) groups excluding carboxylic acids is 1. The van der Waals surface area contributed by atoms with E-state index in [0.717, 1.165) is 18.4 Å².